The van der Waals surface area contributed by atoms with Crippen molar-refractivity contribution in [3.63, 3.8) is 0 Å². The first kappa shape index (κ1) is 19.4. The van der Waals surface area contributed by atoms with Gasteiger partial charge in [-0.25, -0.2) is 9.97 Å². The third-order valence-corrected chi connectivity index (χ3v) is 5.86. The lowest BCUT2D eigenvalue weighted by Crippen LogP contribution is -2.48. The van der Waals surface area contributed by atoms with Gasteiger partial charge in [0.25, 0.3) is 5.91 Å². The summed E-state index contributed by atoms with van der Waals surface area (Å²) in [6.45, 7) is 4.04. The van der Waals surface area contributed by atoms with Crippen LogP contribution in [0.25, 0.3) is 22.2 Å². The number of hydrogen-bond donors (Lipinski definition) is 0. The van der Waals surface area contributed by atoms with Crippen LogP contribution in [0.15, 0.2) is 85.2 Å². The van der Waals surface area contributed by atoms with Gasteiger partial charge in [0.15, 0.2) is 5.82 Å². The molecule has 1 aliphatic rings. The zero-order chi connectivity index (χ0) is 21.0. The van der Waals surface area contributed by atoms with Crippen LogP contribution in [0.4, 0.5) is 0 Å². The molecule has 0 unspecified atom stereocenters. The quantitative estimate of drug-likeness (QED) is 0.506. The van der Waals surface area contributed by atoms with Gasteiger partial charge < -0.3 is 4.90 Å². The largest absolute Gasteiger partial charge is 0.336 e. The second kappa shape index (κ2) is 8.66. The third kappa shape index (κ3) is 4.18. The first-order chi connectivity index (χ1) is 15.3. The van der Waals surface area contributed by atoms with Gasteiger partial charge in [-0.15, -0.1) is 0 Å². The average Bonchev–Trinajstić information content (AvgIpc) is 2.85. The number of rotatable bonds is 4. The molecule has 0 saturated carbocycles. The maximum atomic E-state index is 12.9. The molecule has 154 valence electrons. The Morgan fingerprint density at radius 1 is 0.774 bits per heavy atom. The summed E-state index contributed by atoms with van der Waals surface area (Å²) in [4.78, 5) is 26.0. The number of piperazine rings is 1. The minimum atomic E-state index is 0.00409. The van der Waals surface area contributed by atoms with Gasteiger partial charge in [-0.3, -0.25) is 9.69 Å². The van der Waals surface area contributed by atoms with Crippen LogP contribution in [0.2, 0.25) is 0 Å². The molecule has 3 aromatic carbocycles. The monoisotopic (exact) mass is 408 g/mol. The fraction of sp³-hybridized carbons (Fsp3) is 0.192. The van der Waals surface area contributed by atoms with Crippen molar-refractivity contribution in [3.8, 4) is 11.4 Å². The van der Waals surface area contributed by atoms with Gasteiger partial charge in [0, 0.05) is 50.7 Å². The minimum absolute atomic E-state index is 0.00409. The predicted molar refractivity (Wildman–Crippen MR) is 123 cm³/mol. The fourth-order valence-corrected chi connectivity index (χ4v) is 4.14. The molecular formula is C26H24N4O. The standard InChI is InChI=1S/C26H24N4O/c31-26(23-17-27-25(28-18-23)21-8-2-1-3-9-21)30-15-13-29(14-16-30)19-22-11-6-10-20-7-4-5-12-24(20)22/h1-12,17-18H,13-16,19H2. The Bertz CT molecular complexity index is 1180. The molecule has 5 nitrogen and oxygen atoms in total. The molecule has 0 aliphatic carbocycles. The molecule has 1 aromatic heterocycles. The van der Waals surface area contributed by atoms with E-state index < -0.39 is 0 Å². The zero-order valence-corrected chi connectivity index (χ0v) is 17.3. The van der Waals surface area contributed by atoms with E-state index in [9.17, 15) is 4.79 Å². The van der Waals surface area contributed by atoms with Crippen LogP contribution in [0, 0.1) is 0 Å². The van der Waals surface area contributed by atoms with Gasteiger partial charge in [0.2, 0.25) is 0 Å². The molecule has 1 amide bonds. The number of aromatic nitrogens is 2. The van der Waals surface area contributed by atoms with Gasteiger partial charge in [0.05, 0.1) is 5.56 Å². The summed E-state index contributed by atoms with van der Waals surface area (Å²) in [5.41, 5.74) is 2.83. The number of benzene rings is 3. The Labute approximate surface area is 182 Å². The second-order valence-corrected chi connectivity index (χ2v) is 7.87. The van der Waals surface area contributed by atoms with E-state index in [1.54, 1.807) is 12.4 Å². The van der Waals surface area contributed by atoms with E-state index in [0.717, 1.165) is 25.2 Å². The predicted octanol–water partition coefficient (Wildman–Crippen LogP) is 4.25. The van der Waals surface area contributed by atoms with Gasteiger partial charge >= 0.3 is 0 Å². The summed E-state index contributed by atoms with van der Waals surface area (Å²) >= 11 is 0. The van der Waals surface area contributed by atoms with Crippen molar-refractivity contribution >= 4 is 16.7 Å². The number of fused-ring (bicyclic) bond motifs is 1. The fourth-order valence-electron chi connectivity index (χ4n) is 4.14. The van der Waals surface area contributed by atoms with Gasteiger partial charge in [-0.2, -0.15) is 0 Å². The van der Waals surface area contributed by atoms with Crippen molar-refractivity contribution in [2.45, 2.75) is 6.54 Å². The first-order valence-corrected chi connectivity index (χ1v) is 10.6. The SMILES string of the molecule is O=C(c1cnc(-c2ccccc2)nc1)N1CCN(Cc2cccc3ccccc23)CC1. The van der Waals surface area contributed by atoms with E-state index in [1.807, 2.05) is 35.2 Å². The molecule has 31 heavy (non-hydrogen) atoms. The molecule has 1 saturated heterocycles. The van der Waals surface area contributed by atoms with E-state index in [-0.39, 0.29) is 5.91 Å². The van der Waals surface area contributed by atoms with Crippen LogP contribution in [-0.4, -0.2) is 51.9 Å². The second-order valence-electron chi connectivity index (χ2n) is 7.87. The van der Waals surface area contributed by atoms with Crippen molar-refractivity contribution in [1.82, 2.24) is 19.8 Å². The van der Waals surface area contributed by atoms with Crippen molar-refractivity contribution < 1.29 is 4.79 Å². The van der Waals surface area contributed by atoms with E-state index in [4.69, 9.17) is 0 Å². The molecule has 1 fully saturated rings. The summed E-state index contributed by atoms with van der Waals surface area (Å²) in [5.74, 6) is 0.640. The maximum Gasteiger partial charge on any atom is 0.257 e. The number of hydrogen-bond acceptors (Lipinski definition) is 4. The Morgan fingerprint density at radius 3 is 2.23 bits per heavy atom. The van der Waals surface area contributed by atoms with Gasteiger partial charge in [-0.1, -0.05) is 72.8 Å². The maximum absolute atomic E-state index is 12.9. The summed E-state index contributed by atoms with van der Waals surface area (Å²) < 4.78 is 0. The molecule has 0 atom stereocenters. The van der Waals surface area contributed by atoms with Crippen LogP contribution in [0.1, 0.15) is 15.9 Å². The van der Waals surface area contributed by atoms with Gasteiger partial charge in [-0.05, 0) is 16.3 Å². The number of nitrogens with zero attached hydrogens (tertiary/aromatic N) is 4. The molecule has 5 rings (SSSR count). The zero-order valence-electron chi connectivity index (χ0n) is 17.3. The van der Waals surface area contributed by atoms with E-state index in [1.165, 1.54) is 16.3 Å². The normalized spacial score (nSPS) is 14.6. The Morgan fingerprint density at radius 2 is 1.45 bits per heavy atom. The Hall–Kier alpha value is -3.57. The van der Waals surface area contributed by atoms with E-state index in [2.05, 4.69) is 57.3 Å². The molecule has 0 N–H and O–H groups in total. The Kier molecular flexibility index (Phi) is 5.42. The third-order valence-electron chi connectivity index (χ3n) is 5.86. The molecule has 2 heterocycles. The lowest BCUT2D eigenvalue weighted by Gasteiger charge is -2.35. The van der Waals surface area contributed by atoms with Crippen molar-refractivity contribution in [2.24, 2.45) is 0 Å². The molecular weight excluding hydrogens is 384 g/mol. The molecule has 0 radical (unpaired) electrons. The Balaban J connectivity index is 1.22. The highest BCUT2D eigenvalue weighted by atomic mass is 16.2. The van der Waals surface area contributed by atoms with Crippen LogP contribution in [0.5, 0.6) is 0 Å². The van der Waals surface area contributed by atoms with Crippen molar-refractivity contribution in [3.05, 3.63) is 96.3 Å². The van der Waals surface area contributed by atoms with E-state index >= 15 is 0 Å². The van der Waals surface area contributed by atoms with Crippen molar-refractivity contribution in [1.29, 1.82) is 0 Å². The summed E-state index contributed by atoms with van der Waals surface area (Å²) in [7, 11) is 0. The lowest BCUT2D eigenvalue weighted by molar-refractivity contribution is 0.0628. The number of carbonyl (C=O) groups excluding carboxylic acids is 1. The number of amides is 1. The number of carbonyl (C=O) groups is 1. The highest BCUT2D eigenvalue weighted by Crippen LogP contribution is 2.21. The minimum Gasteiger partial charge on any atom is -0.336 e. The summed E-state index contributed by atoms with van der Waals surface area (Å²) in [6.07, 6.45) is 3.28. The van der Waals surface area contributed by atoms with Crippen LogP contribution in [-0.2, 0) is 6.54 Å². The topological polar surface area (TPSA) is 49.3 Å². The molecule has 4 aromatic rings. The highest BCUT2D eigenvalue weighted by molar-refractivity contribution is 5.93. The summed E-state index contributed by atoms with van der Waals surface area (Å²) in [6, 6.07) is 24.8. The molecule has 0 bridgehead atoms. The highest BCUT2D eigenvalue weighted by Gasteiger charge is 2.23. The van der Waals surface area contributed by atoms with E-state index in [0.29, 0.717) is 24.5 Å². The van der Waals surface area contributed by atoms with Crippen LogP contribution < -0.4 is 0 Å². The smallest absolute Gasteiger partial charge is 0.257 e. The van der Waals surface area contributed by atoms with Crippen molar-refractivity contribution in [2.75, 3.05) is 26.2 Å². The molecule has 5 heteroatoms. The summed E-state index contributed by atoms with van der Waals surface area (Å²) in [5, 5.41) is 2.58. The average molecular weight is 409 g/mol. The lowest BCUT2D eigenvalue weighted by atomic mass is 10.0. The van der Waals surface area contributed by atoms with Crippen LogP contribution >= 0.6 is 0 Å². The molecule has 1 aliphatic heterocycles. The van der Waals surface area contributed by atoms with Crippen LogP contribution in [0.3, 0.4) is 0 Å². The first-order valence-electron chi connectivity index (χ1n) is 10.6. The molecule has 0 spiro atoms. The van der Waals surface area contributed by atoms with Gasteiger partial charge in [0.1, 0.15) is 0 Å².